The quantitative estimate of drug-likeness (QED) is 0.874. The van der Waals surface area contributed by atoms with Crippen molar-refractivity contribution < 1.29 is 9.90 Å². The first kappa shape index (κ1) is 15.3. The van der Waals surface area contributed by atoms with Gasteiger partial charge in [-0.1, -0.05) is 6.07 Å². The lowest BCUT2D eigenvalue weighted by atomic mass is 10.1. The fourth-order valence-electron chi connectivity index (χ4n) is 2.44. The molecule has 1 aliphatic rings. The summed E-state index contributed by atoms with van der Waals surface area (Å²) in [4.78, 5) is 15.9. The number of hydrogen-bond donors (Lipinski definition) is 2. The van der Waals surface area contributed by atoms with E-state index in [-0.39, 0.29) is 0 Å². The van der Waals surface area contributed by atoms with Crippen LogP contribution in [0, 0.1) is 0 Å². The fraction of sp³-hybridized carbons (Fsp3) is 0.500. The third-order valence-electron chi connectivity index (χ3n) is 3.74. The van der Waals surface area contributed by atoms with Crippen LogP contribution in [-0.2, 0) is 0 Å². The Morgan fingerprint density at radius 2 is 2.20 bits per heavy atom. The van der Waals surface area contributed by atoms with Crippen molar-refractivity contribution in [3.05, 3.63) is 28.2 Å². The molecule has 6 heteroatoms. The van der Waals surface area contributed by atoms with Crippen LogP contribution in [0.2, 0.25) is 0 Å². The number of nitrogens with zero attached hydrogens (tertiary/aromatic N) is 2. The van der Waals surface area contributed by atoms with Crippen molar-refractivity contribution in [2.45, 2.75) is 6.04 Å². The van der Waals surface area contributed by atoms with Crippen LogP contribution in [0.4, 0.5) is 5.69 Å². The third kappa shape index (κ3) is 3.50. The summed E-state index contributed by atoms with van der Waals surface area (Å²) in [5.41, 5.74) is 0.952. The van der Waals surface area contributed by atoms with E-state index in [9.17, 15) is 9.90 Å². The van der Waals surface area contributed by atoms with Crippen LogP contribution in [-0.4, -0.2) is 67.2 Å². The standard InChI is InChI=1S/C14H20BrN3O2/c1-17-6-7-18(2)10(9-17)8-16-12-5-3-4-11(15)13(12)14(19)20/h3-5,10,16H,6-9H2,1-2H3,(H,19,20). The van der Waals surface area contributed by atoms with E-state index in [1.807, 2.05) is 6.07 Å². The molecular formula is C14H20BrN3O2. The Kier molecular flexibility index (Phi) is 5.01. The first-order chi connectivity index (χ1) is 9.49. The van der Waals surface area contributed by atoms with Crippen LogP contribution < -0.4 is 5.32 Å². The molecule has 0 amide bonds. The zero-order valence-corrected chi connectivity index (χ0v) is 13.4. The highest BCUT2D eigenvalue weighted by atomic mass is 79.9. The molecule has 5 nitrogen and oxygen atoms in total. The highest BCUT2D eigenvalue weighted by molar-refractivity contribution is 9.10. The van der Waals surface area contributed by atoms with Gasteiger partial charge < -0.3 is 15.3 Å². The molecule has 0 saturated carbocycles. The topological polar surface area (TPSA) is 55.8 Å². The summed E-state index contributed by atoms with van der Waals surface area (Å²) in [6.07, 6.45) is 0. The molecule has 0 aliphatic carbocycles. The molecule has 0 aromatic heterocycles. The van der Waals surface area contributed by atoms with E-state index in [4.69, 9.17) is 0 Å². The van der Waals surface area contributed by atoms with Gasteiger partial charge in [0.1, 0.15) is 0 Å². The number of rotatable bonds is 4. The number of carboxylic acid groups (broad SMARTS) is 1. The van der Waals surface area contributed by atoms with Crippen molar-refractivity contribution in [1.82, 2.24) is 9.80 Å². The lowest BCUT2D eigenvalue weighted by molar-refractivity contribution is 0.0697. The normalized spacial score (nSPS) is 20.9. The van der Waals surface area contributed by atoms with Gasteiger partial charge in [-0.05, 0) is 42.2 Å². The molecule has 1 aromatic carbocycles. The maximum atomic E-state index is 11.3. The maximum Gasteiger partial charge on any atom is 0.338 e. The zero-order valence-electron chi connectivity index (χ0n) is 11.8. The number of likely N-dealkylation sites (N-methyl/N-ethyl adjacent to an activating group) is 2. The molecule has 1 heterocycles. The van der Waals surface area contributed by atoms with Crippen LogP contribution in [0.5, 0.6) is 0 Å². The summed E-state index contributed by atoms with van der Waals surface area (Å²) in [6, 6.07) is 5.78. The van der Waals surface area contributed by atoms with Gasteiger partial charge in [-0.25, -0.2) is 4.79 Å². The van der Waals surface area contributed by atoms with E-state index in [1.54, 1.807) is 12.1 Å². The Labute approximate surface area is 127 Å². The van der Waals surface area contributed by atoms with Gasteiger partial charge in [0.05, 0.1) is 5.56 Å². The average molecular weight is 342 g/mol. The van der Waals surface area contributed by atoms with Crippen LogP contribution in [0.3, 0.4) is 0 Å². The minimum atomic E-state index is -0.922. The summed E-state index contributed by atoms with van der Waals surface area (Å²) in [7, 11) is 4.22. The van der Waals surface area contributed by atoms with Gasteiger partial charge in [-0.15, -0.1) is 0 Å². The molecule has 1 atom stereocenters. The van der Waals surface area contributed by atoms with Crippen LogP contribution in [0.15, 0.2) is 22.7 Å². The minimum absolute atomic E-state index is 0.291. The Morgan fingerprint density at radius 1 is 1.45 bits per heavy atom. The molecule has 0 radical (unpaired) electrons. The molecule has 1 fully saturated rings. The first-order valence-electron chi connectivity index (χ1n) is 6.63. The summed E-state index contributed by atoms with van der Waals surface area (Å²) in [5, 5.41) is 12.6. The molecule has 1 saturated heterocycles. The van der Waals surface area contributed by atoms with Crippen LogP contribution in [0.25, 0.3) is 0 Å². The Bertz CT molecular complexity index is 495. The van der Waals surface area contributed by atoms with E-state index in [1.165, 1.54) is 0 Å². The molecule has 1 unspecified atom stereocenters. The second-order valence-electron chi connectivity index (χ2n) is 5.25. The van der Waals surface area contributed by atoms with Crippen LogP contribution in [0.1, 0.15) is 10.4 Å². The summed E-state index contributed by atoms with van der Waals surface area (Å²) in [5.74, 6) is -0.922. The first-order valence-corrected chi connectivity index (χ1v) is 7.43. The number of nitrogens with one attached hydrogen (secondary N) is 1. The Hall–Kier alpha value is -1.11. The second-order valence-corrected chi connectivity index (χ2v) is 6.10. The molecule has 1 aliphatic heterocycles. The summed E-state index contributed by atoms with van der Waals surface area (Å²) < 4.78 is 0.601. The lowest BCUT2D eigenvalue weighted by Gasteiger charge is -2.38. The van der Waals surface area contributed by atoms with Crippen molar-refractivity contribution in [3.8, 4) is 0 Å². The van der Waals surface area contributed by atoms with E-state index >= 15 is 0 Å². The number of aromatic carboxylic acids is 1. The number of hydrogen-bond acceptors (Lipinski definition) is 4. The number of benzene rings is 1. The van der Waals surface area contributed by atoms with Crippen molar-refractivity contribution in [2.75, 3.05) is 45.6 Å². The monoisotopic (exact) mass is 341 g/mol. The number of carbonyl (C=O) groups is 1. The third-order valence-corrected chi connectivity index (χ3v) is 4.40. The highest BCUT2D eigenvalue weighted by Gasteiger charge is 2.22. The largest absolute Gasteiger partial charge is 0.478 e. The van der Waals surface area contributed by atoms with E-state index < -0.39 is 5.97 Å². The van der Waals surface area contributed by atoms with Crippen molar-refractivity contribution >= 4 is 27.6 Å². The van der Waals surface area contributed by atoms with Gasteiger partial charge in [-0.2, -0.15) is 0 Å². The van der Waals surface area contributed by atoms with Gasteiger partial charge in [0.25, 0.3) is 0 Å². The summed E-state index contributed by atoms with van der Waals surface area (Å²) in [6.45, 7) is 3.83. The molecule has 2 rings (SSSR count). The highest BCUT2D eigenvalue weighted by Crippen LogP contribution is 2.25. The summed E-state index contributed by atoms with van der Waals surface area (Å²) >= 11 is 3.30. The van der Waals surface area contributed by atoms with Gasteiger partial charge >= 0.3 is 5.97 Å². The molecular weight excluding hydrogens is 322 g/mol. The van der Waals surface area contributed by atoms with E-state index in [0.29, 0.717) is 21.8 Å². The Morgan fingerprint density at radius 3 is 2.90 bits per heavy atom. The van der Waals surface area contributed by atoms with Gasteiger partial charge in [0.15, 0.2) is 0 Å². The number of carboxylic acids is 1. The van der Waals surface area contributed by atoms with E-state index in [2.05, 4.69) is 45.1 Å². The van der Waals surface area contributed by atoms with Crippen molar-refractivity contribution in [1.29, 1.82) is 0 Å². The molecule has 2 N–H and O–H groups in total. The fourth-order valence-corrected chi connectivity index (χ4v) is 2.97. The van der Waals surface area contributed by atoms with Gasteiger partial charge in [0, 0.05) is 42.4 Å². The lowest BCUT2D eigenvalue weighted by Crippen LogP contribution is -2.52. The maximum absolute atomic E-state index is 11.3. The smallest absolute Gasteiger partial charge is 0.338 e. The van der Waals surface area contributed by atoms with Crippen molar-refractivity contribution in [2.24, 2.45) is 0 Å². The number of piperazine rings is 1. The molecule has 0 bridgehead atoms. The number of halogens is 1. The molecule has 0 spiro atoms. The molecule has 20 heavy (non-hydrogen) atoms. The van der Waals surface area contributed by atoms with Crippen molar-refractivity contribution in [3.63, 3.8) is 0 Å². The predicted molar refractivity (Wildman–Crippen MR) is 83.5 cm³/mol. The van der Waals surface area contributed by atoms with E-state index in [0.717, 1.165) is 26.2 Å². The SMILES string of the molecule is CN1CCN(C)C(CNc2cccc(Br)c2C(=O)O)C1. The Balaban J connectivity index is 2.07. The van der Waals surface area contributed by atoms with Gasteiger partial charge in [0.2, 0.25) is 0 Å². The molecule has 110 valence electrons. The minimum Gasteiger partial charge on any atom is -0.478 e. The second kappa shape index (κ2) is 6.56. The zero-order chi connectivity index (χ0) is 14.7. The average Bonchev–Trinajstić information content (AvgIpc) is 2.39. The van der Waals surface area contributed by atoms with Crippen LogP contribution >= 0.6 is 15.9 Å². The number of anilines is 1. The van der Waals surface area contributed by atoms with Gasteiger partial charge in [-0.3, -0.25) is 4.90 Å². The molecule has 1 aromatic rings. The predicted octanol–water partition coefficient (Wildman–Crippen LogP) is 1.80.